The van der Waals surface area contributed by atoms with E-state index in [1.807, 2.05) is 12.2 Å². The lowest BCUT2D eigenvalue weighted by Gasteiger charge is -1.71. The third-order valence-electron chi connectivity index (χ3n) is 0.727. The Morgan fingerprint density at radius 1 is 1.22 bits per heavy atom. The first kappa shape index (κ1) is 7.89. The summed E-state index contributed by atoms with van der Waals surface area (Å²) in [6.45, 7) is 3.49. The molecule has 0 aromatic rings. The first-order chi connectivity index (χ1) is 4.41. The fourth-order valence-corrected chi connectivity index (χ4v) is 0.355. The molecule has 0 aliphatic rings. The minimum atomic E-state index is 0.488. The number of allylic oxidation sites excluding steroid dienone is 5. The number of hydrogen-bond donors (Lipinski definition) is 0. The topological polar surface area (TPSA) is 17.1 Å². The molecular weight excluding hydrogens is 112 g/mol. The van der Waals surface area contributed by atoms with Crippen molar-refractivity contribution in [1.82, 2.24) is 0 Å². The number of aldehydes is 1. The van der Waals surface area contributed by atoms with Crippen molar-refractivity contribution in [1.29, 1.82) is 0 Å². The second-order valence-corrected chi connectivity index (χ2v) is 1.45. The average molecular weight is 122 g/mol. The summed E-state index contributed by atoms with van der Waals surface area (Å²) < 4.78 is 0. The second-order valence-electron chi connectivity index (χ2n) is 1.45. The van der Waals surface area contributed by atoms with Gasteiger partial charge in [0.2, 0.25) is 0 Å². The van der Waals surface area contributed by atoms with Crippen LogP contribution in [-0.2, 0) is 4.79 Å². The summed E-state index contributed by atoms with van der Waals surface area (Å²) in [6, 6.07) is 0. The summed E-state index contributed by atoms with van der Waals surface area (Å²) >= 11 is 0. The molecule has 0 radical (unpaired) electrons. The van der Waals surface area contributed by atoms with Crippen LogP contribution in [0.4, 0.5) is 0 Å². The maximum Gasteiger partial charge on any atom is 0.123 e. The van der Waals surface area contributed by atoms with Gasteiger partial charge in [0, 0.05) is 6.42 Å². The highest BCUT2D eigenvalue weighted by atomic mass is 16.1. The van der Waals surface area contributed by atoms with E-state index in [4.69, 9.17) is 0 Å². The lowest BCUT2D eigenvalue weighted by molar-refractivity contribution is -0.107. The number of rotatable bonds is 4. The van der Waals surface area contributed by atoms with Gasteiger partial charge in [0.25, 0.3) is 0 Å². The van der Waals surface area contributed by atoms with E-state index in [2.05, 4.69) is 6.58 Å². The zero-order valence-corrected chi connectivity index (χ0v) is 5.29. The van der Waals surface area contributed by atoms with E-state index in [9.17, 15) is 4.79 Å². The third-order valence-corrected chi connectivity index (χ3v) is 0.727. The molecule has 0 saturated carbocycles. The molecule has 0 aromatic heterocycles. The van der Waals surface area contributed by atoms with Crippen LogP contribution in [0.1, 0.15) is 6.42 Å². The first-order valence-electron chi connectivity index (χ1n) is 2.79. The molecule has 48 valence electrons. The predicted molar refractivity (Wildman–Crippen MR) is 39.2 cm³/mol. The van der Waals surface area contributed by atoms with Crippen LogP contribution < -0.4 is 0 Å². The van der Waals surface area contributed by atoms with Gasteiger partial charge in [-0.25, -0.2) is 0 Å². The Morgan fingerprint density at radius 2 is 2.00 bits per heavy atom. The summed E-state index contributed by atoms with van der Waals surface area (Å²) in [5.74, 6) is 0. The molecule has 0 saturated heterocycles. The summed E-state index contributed by atoms with van der Waals surface area (Å²) in [7, 11) is 0. The van der Waals surface area contributed by atoms with Crippen molar-refractivity contribution in [2.24, 2.45) is 0 Å². The molecule has 0 aromatic carbocycles. The van der Waals surface area contributed by atoms with Crippen LogP contribution in [0.15, 0.2) is 37.0 Å². The van der Waals surface area contributed by atoms with E-state index in [0.29, 0.717) is 6.42 Å². The molecule has 0 aliphatic heterocycles. The zero-order chi connectivity index (χ0) is 6.95. The molecule has 0 atom stereocenters. The maximum absolute atomic E-state index is 9.74. The highest BCUT2D eigenvalue weighted by Crippen LogP contribution is 1.79. The lowest BCUT2D eigenvalue weighted by Crippen LogP contribution is -1.62. The van der Waals surface area contributed by atoms with E-state index < -0.39 is 0 Å². The Hall–Kier alpha value is -1.11. The Labute approximate surface area is 55.4 Å². The highest BCUT2D eigenvalue weighted by Gasteiger charge is 1.66. The summed E-state index contributed by atoms with van der Waals surface area (Å²) in [5, 5.41) is 0. The van der Waals surface area contributed by atoms with Gasteiger partial charge in [-0.15, -0.1) is 0 Å². The monoisotopic (exact) mass is 122 g/mol. The minimum absolute atomic E-state index is 0.488. The van der Waals surface area contributed by atoms with Crippen molar-refractivity contribution < 1.29 is 4.79 Å². The van der Waals surface area contributed by atoms with E-state index in [0.717, 1.165) is 6.29 Å². The molecule has 0 amide bonds. The lowest BCUT2D eigenvalue weighted by atomic mass is 10.4. The van der Waals surface area contributed by atoms with Gasteiger partial charge in [0.15, 0.2) is 0 Å². The second kappa shape index (κ2) is 6.89. The van der Waals surface area contributed by atoms with Gasteiger partial charge in [-0.2, -0.15) is 0 Å². The van der Waals surface area contributed by atoms with Crippen LogP contribution in [0.3, 0.4) is 0 Å². The van der Waals surface area contributed by atoms with Crippen molar-refractivity contribution in [2.75, 3.05) is 0 Å². The Balaban J connectivity index is 3.33. The van der Waals surface area contributed by atoms with Gasteiger partial charge < -0.3 is 4.79 Å². The van der Waals surface area contributed by atoms with Crippen LogP contribution in [0, 0.1) is 0 Å². The summed E-state index contributed by atoms with van der Waals surface area (Å²) in [5.41, 5.74) is 0. The molecule has 0 aliphatic carbocycles. The van der Waals surface area contributed by atoms with Gasteiger partial charge in [0.05, 0.1) is 0 Å². The molecular formula is C8H10O. The van der Waals surface area contributed by atoms with E-state index in [1.54, 1.807) is 18.2 Å². The quantitative estimate of drug-likeness (QED) is 0.411. The molecule has 0 N–H and O–H groups in total. The van der Waals surface area contributed by atoms with Crippen LogP contribution >= 0.6 is 0 Å². The molecule has 0 rings (SSSR count). The largest absolute Gasteiger partial charge is 0.303 e. The minimum Gasteiger partial charge on any atom is -0.303 e. The molecule has 1 heteroatoms. The average Bonchev–Trinajstić information content (AvgIpc) is 1.89. The molecule has 1 nitrogen and oxygen atoms in total. The molecule has 0 fully saturated rings. The van der Waals surface area contributed by atoms with E-state index in [1.165, 1.54) is 0 Å². The molecule has 0 bridgehead atoms. The smallest absolute Gasteiger partial charge is 0.123 e. The fraction of sp³-hybridized carbons (Fsp3) is 0.125. The van der Waals surface area contributed by atoms with Gasteiger partial charge in [-0.1, -0.05) is 37.0 Å². The van der Waals surface area contributed by atoms with Crippen molar-refractivity contribution in [3.8, 4) is 0 Å². The molecule has 0 heterocycles. The Morgan fingerprint density at radius 3 is 2.56 bits per heavy atom. The van der Waals surface area contributed by atoms with Crippen molar-refractivity contribution >= 4 is 6.29 Å². The first-order valence-corrected chi connectivity index (χ1v) is 2.79. The molecule has 0 unspecified atom stereocenters. The van der Waals surface area contributed by atoms with Gasteiger partial charge in [0.1, 0.15) is 6.29 Å². The summed E-state index contributed by atoms with van der Waals surface area (Å²) in [4.78, 5) is 9.74. The van der Waals surface area contributed by atoms with Crippen molar-refractivity contribution in [2.45, 2.75) is 6.42 Å². The normalized spacial score (nSPS) is 10.7. The van der Waals surface area contributed by atoms with Crippen LogP contribution in [0.5, 0.6) is 0 Å². The zero-order valence-electron chi connectivity index (χ0n) is 5.29. The van der Waals surface area contributed by atoms with E-state index in [-0.39, 0.29) is 0 Å². The van der Waals surface area contributed by atoms with Crippen LogP contribution in [-0.4, -0.2) is 6.29 Å². The molecule has 0 spiro atoms. The Kier molecular flexibility index (Phi) is 6.04. The Bertz CT molecular complexity index is 132. The van der Waals surface area contributed by atoms with Crippen LogP contribution in [0.25, 0.3) is 0 Å². The molecule has 9 heavy (non-hydrogen) atoms. The predicted octanol–water partition coefficient (Wildman–Crippen LogP) is 1.87. The maximum atomic E-state index is 9.74. The number of carbonyl (C=O) groups excluding carboxylic acids is 1. The number of hydrogen-bond acceptors (Lipinski definition) is 1. The highest BCUT2D eigenvalue weighted by molar-refractivity contribution is 5.52. The third kappa shape index (κ3) is 6.89. The van der Waals surface area contributed by atoms with Crippen LogP contribution in [0.2, 0.25) is 0 Å². The van der Waals surface area contributed by atoms with Gasteiger partial charge in [-0.3, -0.25) is 0 Å². The van der Waals surface area contributed by atoms with Crippen molar-refractivity contribution in [3.05, 3.63) is 37.0 Å². The standard InChI is InChI=1S/C8H10O/c1-2-3-4-5-6-7-8-9/h2-6,8H,1,7H2. The SMILES string of the molecule is C=CC=CC=CCC=O. The number of carbonyl (C=O) groups is 1. The fourth-order valence-electron chi connectivity index (χ4n) is 0.355. The van der Waals surface area contributed by atoms with Gasteiger partial charge >= 0.3 is 0 Å². The van der Waals surface area contributed by atoms with E-state index >= 15 is 0 Å². The van der Waals surface area contributed by atoms with Gasteiger partial charge in [-0.05, 0) is 0 Å². The summed E-state index contributed by atoms with van der Waals surface area (Å²) in [6.07, 6.45) is 10.3. The van der Waals surface area contributed by atoms with Crippen molar-refractivity contribution in [3.63, 3.8) is 0 Å².